The van der Waals surface area contributed by atoms with Crippen molar-refractivity contribution in [2.45, 2.75) is 39.5 Å². The molecule has 8 heteroatoms. The summed E-state index contributed by atoms with van der Waals surface area (Å²) < 4.78 is 5.62. The molecule has 30 heavy (non-hydrogen) atoms. The lowest BCUT2D eigenvalue weighted by Gasteiger charge is -2.16. The molecule has 1 unspecified atom stereocenters. The van der Waals surface area contributed by atoms with Gasteiger partial charge in [-0.25, -0.2) is 4.99 Å². The monoisotopic (exact) mass is 526 g/mol. The van der Waals surface area contributed by atoms with E-state index < -0.39 is 12.0 Å². The number of guanidine groups is 1. The highest BCUT2D eigenvalue weighted by molar-refractivity contribution is 14.0. The van der Waals surface area contributed by atoms with Gasteiger partial charge < -0.3 is 26.2 Å². The van der Waals surface area contributed by atoms with Crippen LogP contribution in [0.2, 0.25) is 0 Å². The Morgan fingerprint density at radius 3 is 2.47 bits per heavy atom. The van der Waals surface area contributed by atoms with E-state index in [1.807, 2.05) is 51.1 Å². The third kappa shape index (κ3) is 8.58. The SMILES string of the molecule is CCNC(=NCc1cccc(C(N)=O)c1)NCC(O)c1ccc(OC(C)C)cc1.I. The number of nitrogens with two attached hydrogens (primary N) is 1. The number of aliphatic imine (C=N–C) groups is 1. The highest BCUT2D eigenvalue weighted by atomic mass is 127. The number of ether oxygens (including phenoxy) is 1. The molecule has 0 aliphatic heterocycles. The molecule has 2 rings (SSSR count). The number of nitrogens with one attached hydrogen (secondary N) is 2. The van der Waals surface area contributed by atoms with E-state index in [1.54, 1.807) is 18.2 Å². The van der Waals surface area contributed by atoms with Gasteiger partial charge in [-0.05, 0) is 56.2 Å². The van der Waals surface area contributed by atoms with Crippen molar-refractivity contribution in [1.29, 1.82) is 0 Å². The maximum atomic E-state index is 11.3. The Labute approximate surface area is 195 Å². The number of nitrogens with zero attached hydrogens (tertiary/aromatic N) is 1. The average molecular weight is 526 g/mol. The van der Waals surface area contributed by atoms with Crippen LogP contribution in [0.5, 0.6) is 5.75 Å². The Bertz CT molecular complexity index is 825. The first-order chi connectivity index (χ1) is 13.9. The molecule has 0 fully saturated rings. The number of rotatable bonds is 9. The van der Waals surface area contributed by atoms with Gasteiger partial charge in [0.25, 0.3) is 0 Å². The van der Waals surface area contributed by atoms with E-state index in [0.717, 1.165) is 16.9 Å². The molecule has 0 saturated carbocycles. The summed E-state index contributed by atoms with van der Waals surface area (Å²) in [7, 11) is 0. The van der Waals surface area contributed by atoms with Crippen molar-refractivity contribution in [2.24, 2.45) is 10.7 Å². The van der Waals surface area contributed by atoms with Crippen molar-refractivity contribution in [1.82, 2.24) is 10.6 Å². The summed E-state index contributed by atoms with van der Waals surface area (Å²) in [6.07, 6.45) is -0.583. The molecule has 0 radical (unpaired) electrons. The van der Waals surface area contributed by atoms with E-state index in [9.17, 15) is 9.90 Å². The van der Waals surface area contributed by atoms with Crippen LogP contribution in [-0.4, -0.2) is 36.2 Å². The molecule has 2 aromatic rings. The molecule has 2 aromatic carbocycles. The second-order valence-electron chi connectivity index (χ2n) is 6.89. The van der Waals surface area contributed by atoms with E-state index >= 15 is 0 Å². The van der Waals surface area contributed by atoms with Crippen LogP contribution in [0.3, 0.4) is 0 Å². The second kappa shape index (κ2) is 13.1. The van der Waals surface area contributed by atoms with Gasteiger partial charge in [-0.3, -0.25) is 4.79 Å². The van der Waals surface area contributed by atoms with E-state index in [0.29, 0.717) is 31.2 Å². The topological polar surface area (TPSA) is 109 Å². The molecule has 0 saturated heterocycles. The number of hydrogen-bond acceptors (Lipinski definition) is 4. The van der Waals surface area contributed by atoms with Crippen LogP contribution in [0.1, 0.15) is 48.4 Å². The minimum atomic E-state index is -0.690. The molecule has 1 atom stereocenters. The number of benzene rings is 2. The Morgan fingerprint density at radius 2 is 1.87 bits per heavy atom. The zero-order valence-corrected chi connectivity index (χ0v) is 19.9. The predicted molar refractivity (Wildman–Crippen MR) is 130 cm³/mol. The lowest BCUT2D eigenvalue weighted by molar-refractivity contribution is 0.1000. The standard InChI is InChI=1S/C22H30N4O3.HI/c1-4-24-22(25-13-16-6-5-7-18(12-16)21(23)28)26-14-20(27)17-8-10-19(11-9-17)29-15(2)3;/h5-12,15,20,27H,4,13-14H2,1-3H3,(H2,23,28)(H2,24,25,26);1H. The summed E-state index contributed by atoms with van der Waals surface area (Å²) in [6, 6.07) is 14.5. The first-order valence-electron chi connectivity index (χ1n) is 9.74. The molecular formula is C22H31IN4O3. The average Bonchev–Trinajstić information content (AvgIpc) is 2.70. The number of aliphatic hydroxyl groups excluding tert-OH is 1. The van der Waals surface area contributed by atoms with Gasteiger partial charge in [-0.15, -0.1) is 24.0 Å². The zero-order chi connectivity index (χ0) is 21.2. The van der Waals surface area contributed by atoms with E-state index in [4.69, 9.17) is 10.5 Å². The number of carbonyl (C=O) groups is 1. The van der Waals surface area contributed by atoms with Crippen LogP contribution in [0, 0.1) is 0 Å². The van der Waals surface area contributed by atoms with Crippen LogP contribution in [0.4, 0.5) is 0 Å². The maximum absolute atomic E-state index is 11.3. The van der Waals surface area contributed by atoms with Crippen molar-refractivity contribution in [2.75, 3.05) is 13.1 Å². The molecule has 0 aliphatic rings. The molecule has 0 spiro atoms. The number of aliphatic hydroxyl groups is 1. The third-order valence-electron chi connectivity index (χ3n) is 4.07. The van der Waals surface area contributed by atoms with Gasteiger partial charge in [0, 0.05) is 18.7 Å². The van der Waals surface area contributed by atoms with Crippen molar-refractivity contribution in [3.8, 4) is 5.75 Å². The Kier molecular flexibility index (Phi) is 11.2. The number of carbonyl (C=O) groups excluding carboxylic acids is 1. The summed E-state index contributed by atoms with van der Waals surface area (Å²) in [5, 5.41) is 16.7. The highest BCUT2D eigenvalue weighted by Crippen LogP contribution is 2.18. The molecule has 0 aliphatic carbocycles. The number of amides is 1. The second-order valence-corrected chi connectivity index (χ2v) is 6.89. The van der Waals surface area contributed by atoms with E-state index in [1.165, 1.54) is 0 Å². The van der Waals surface area contributed by atoms with Crippen LogP contribution in [-0.2, 0) is 6.54 Å². The van der Waals surface area contributed by atoms with Crippen LogP contribution >= 0.6 is 24.0 Å². The molecule has 1 amide bonds. The van der Waals surface area contributed by atoms with Crippen molar-refractivity contribution < 1.29 is 14.6 Å². The number of hydrogen-bond donors (Lipinski definition) is 4. The smallest absolute Gasteiger partial charge is 0.248 e. The summed E-state index contributed by atoms with van der Waals surface area (Å²) in [5.41, 5.74) is 7.44. The summed E-state index contributed by atoms with van der Waals surface area (Å²) in [5.74, 6) is 0.890. The van der Waals surface area contributed by atoms with Crippen LogP contribution < -0.4 is 21.1 Å². The molecule has 0 bridgehead atoms. The Hall–Kier alpha value is -2.33. The van der Waals surface area contributed by atoms with Gasteiger partial charge in [0.15, 0.2) is 5.96 Å². The van der Waals surface area contributed by atoms with Crippen molar-refractivity contribution in [3.05, 3.63) is 65.2 Å². The van der Waals surface area contributed by atoms with Crippen molar-refractivity contribution in [3.63, 3.8) is 0 Å². The molecule has 0 heterocycles. The first-order valence-corrected chi connectivity index (χ1v) is 9.74. The lowest BCUT2D eigenvalue weighted by Crippen LogP contribution is -2.39. The quantitative estimate of drug-likeness (QED) is 0.228. The first kappa shape index (κ1) is 25.7. The summed E-state index contributed by atoms with van der Waals surface area (Å²) >= 11 is 0. The van der Waals surface area contributed by atoms with E-state index in [-0.39, 0.29) is 30.1 Å². The molecule has 5 N–H and O–H groups in total. The third-order valence-corrected chi connectivity index (χ3v) is 4.07. The van der Waals surface area contributed by atoms with Gasteiger partial charge in [0.1, 0.15) is 5.75 Å². The molecule has 164 valence electrons. The number of primary amides is 1. The van der Waals surface area contributed by atoms with Gasteiger partial charge >= 0.3 is 0 Å². The molecule has 0 aromatic heterocycles. The lowest BCUT2D eigenvalue weighted by atomic mass is 10.1. The predicted octanol–water partition coefficient (Wildman–Crippen LogP) is 2.98. The minimum absolute atomic E-state index is 0. The summed E-state index contributed by atoms with van der Waals surface area (Å²) in [4.78, 5) is 15.8. The van der Waals surface area contributed by atoms with Gasteiger partial charge in [0.05, 0.1) is 18.8 Å². The normalized spacial score (nSPS) is 12.1. The Morgan fingerprint density at radius 1 is 1.17 bits per heavy atom. The fourth-order valence-corrected chi connectivity index (χ4v) is 2.69. The Balaban J connectivity index is 0.00000450. The highest BCUT2D eigenvalue weighted by Gasteiger charge is 2.09. The summed E-state index contributed by atoms with van der Waals surface area (Å²) in [6.45, 7) is 7.28. The fraction of sp³-hybridized carbons (Fsp3) is 0.364. The van der Waals surface area contributed by atoms with Gasteiger partial charge in [-0.1, -0.05) is 24.3 Å². The van der Waals surface area contributed by atoms with Gasteiger partial charge in [0.2, 0.25) is 5.91 Å². The number of halogens is 1. The van der Waals surface area contributed by atoms with Crippen LogP contribution in [0.25, 0.3) is 0 Å². The van der Waals surface area contributed by atoms with Crippen molar-refractivity contribution >= 4 is 35.8 Å². The zero-order valence-electron chi connectivity index (χ0n) is 17.6. The van der Waals surface area contributed by atoms with E-state index in [2.05, 4.69) is 15.6 Å². The minimum Gasteiger partial charge on any atom is -0.491 e. The maximum Gasteiger partial charge on any atom is 0.248 e. The molecular weight excluding hydrogens is 495 g/mol. The van der Waals surface area contributed by atoms with Gasteiger partial charge in [-0.2, -0.15) is 0 Å². The molecule has 7 nitrogen and oxygen atoms in total. The largest absolute Gasteiger partial charge is 0.491 e. The fourth-order valence-electron chi connectivity index (χ4n) is 2.69. The van der Waals surface area contributed by atoms with Crippen LogP contribution in [0.15, 0.2) is 53.5 Å².